The van der Waals surface area contributed by atoms with Gasteiger partial charge >= 0.3 is 0 Å². The topological polar surface area (TPSA) is 38.9 Å². The summed E-state index contributed by atoms with van der Waals surface area (Å²) >= 11 is 4.74. The van der Waals surface area contributed by atoms with Crippen molar-refractivity contribution < 1.29 is 0 Å². The van der Waals surface area contributed by atoms with Crippen molar-refractivity contribution in [2.75, 3.05) is 0 Å². The summed E-state index contributed by atoms with van der Waals surface area (Å²) in [5, 5.41) is 0. The van der Waals surface area contributed by atoms with E-state index < -0.39 is 0 Å². The van der Waals surface area contributed by atoms with Crippen LogP contribution in [0.15, 0.2) is 24.4 Å². The van der Waals surface area contributed by atoms with Crippen LogP contribution in [0.2, 0.25) is 0 Å². The Balaban J connectivity index is 2.45. The highest BCUT2D eigenvalue weighted by Crippen LogP contribution is 1.97. The van der Waals surface area contributed by atoms with Crippen molar-refractivity contribution >= 4 is 17.2 Å². The molecule has 0 unspecified atom stereocenters. The Morgan fingerprint density at radius 1 is 1.55 bits per heavy atom. The SMILES string of the molecule is NC(=S)CCc1ccccn1. The van der Waals surface area contributed by atoms with Gasteiger partial charge in [-0.05, 0) is 18.6 Å². The fourth-order valence-electron chi connectivity index (χ4n) is 0.797. The molecule has 0 aromatic carbocycles. The molecule has 1 aromatic rings. The van der Waals surface area contributed by atoms with E-state index in [1.54, 1.807) is 6.20 Å². The lowest BCUT2D eigenvalue weighted by Crippen LogP contribution is -2.08. The van der Waals surface area contributed by atoms with Gasteiger partial charge in [0.15, 0.2) is 0 Å². The maximum Gasteiger partial charge on any atom is 0.0731 e. The monoisotopic (exact) mass is 166 g/mol. The van der Waals surface area contributed by atoms with Gasteiger partial charge in [0, 0.05) is 18.3 Å². The number of nitrogens with two attached hydrogens (primary N) is 1. The molecule has 0 saturated carbocycles. The van der Waals surface area contributed by atoms with Crippen LogP contribution in [-0.2, 0) is 6.42 Å². The molecule has 2 N–H and O–H groups in total. The Morgan fingerprint density at radius 2 is 2.36 bits per heavy atom. The molecule has 1 aromatic heterocycles. The van der Waals surface area contributed by atoms with Crippen LogP contribution in [0, 0.1) is 0 Å². The molecule has 0 spiro atoms. The zero-order chi connectivity index (χ0) is 8.10. The maximum absolute atomic E-state index is 5.34. The summed E-state index contributed by atoms with van der Waals surface area (Å²) < 4.78 is 0. The molecule has 3 heteroatoms. The molecule has 0 aliphatic carbocycles. The predicted molar refractivity (Wildman–Crippen MR) is 49.3 cm³/mol. The Labute approximate surface area is 71.4 Å². The molecule has 0 saturated heterocycles. The van der Waals surface area contributed by atoms with E-state index in [-0.39, 0.29) is 0 Å². The molecule has 1 rings (SSSR count). The second-order valence-corrected chi connectivity index (χ2v) is 2.81. The van der Waals surface area contributed by atoms with Gasteiger partial charge in [-0.25, -0.2) is 0 Å². The van der Waals surface area contributed by atoms with Crippen molar-refractivity contribution in [3.63, 3.8) is 0 Å². The third kappa shape index (κ3) is 3.09. The quantitative estimate of drug-likeness (QED) is 0.688. The van der Waals surface area contributed by atoms with Gasteiger partial charge in [-0.15, -0.1) is 0 Å². The van der Waals surface area contributed by atoms with Crippen LogP contribution >= 0.6 is 12.2 Å². The van der Waals surface area contributed by atoms with Crippen molar-refractivity contribution in [1.82, 2.24) is 4.98 Å². The van der Waals surface area contributed by atoms with Crippen molar-refractivity contribution in [2.24, 2.45) is 5.73 Å². The highest BCUT2D eigenvalue weighted by Gasteiger charge is 1.93. The lowest BCUT2D eigenvalue weighted by atomic mass is 10.2. The fourth-order valence-corrected chi connectivity index (χ4v) is 0.899. The summed E-state index contributed by atoms with van der Waals surface area (Å²) in [5.74, 6) is 0. The summed E-state index contributed by atoms with van der Waals surface area (Å²) in [6.45, 7) is 0. The van der Waals surface area contributed by atoms with E-state index in [9.17, 15) is 0 Å². The molecule has 58 valence electrons. The van der Waals surface area contributed by atoms with Crippen LogP contribution in [0.3, 0.4) is 0 Å². The van der Waals surface area contributed by atoms with Gasteiger partial charge in [0.25, 0.3) is 0 Å². The van der Waals surface area contributed by atoms with Crippen molar-refractivity contribution in [3.05, 3.63) is 30.1 Å². The van der Waals surface area contributed by atoms with Gasteiger partial charge in [0.1, 0.15) is 0 Å². The maximum atomic E-state index is 5.34. The van der Waals surface area contributed by atoms with Gasteiger partial charge in [-0.3, -0.25) is 4.98 Å². The normalized spacial score (nSPS) is 9.45. The molecule has 11 heavy (non-hydrogen) atoms. The van der Waals surface area contributed by atoms with E-state index in [2.05, 4.69) is 4.98 Å². The summed E-state index contributed by atoms with van der Waals surface area (Å²) in [6.07, 6.45) is 3.36. The number of rotatable bonds is 3. The lowest BCUT2D eigenvalue weighted by molar-refractivity contribution is 0.974. The van der Waals surface area contributed by atoms with Crippen molar-refractivity contribution in [2.45, 2.75) is 12.8 Å². The Bertz CT molecular complexity index is 233. The number of aromatic nitrogens is 1. The third-order valence-electron chi connectivity index (χ3n) is 1.35. The van der Waals surface area contributed by atoms with E-state index >= 15 is 0 Å². The van der Waals surface area contributed by atoms with Gasteiger partial charge in [-0.2, -0.15) is 0 Å². The predicted octanol–water partition coefficient (Wildman–Crippen LogP) is 1.30. The van der Waals surface area contributed by atoms with Crippen LogP contribution in [-0.4, -0.2) is 9.97 Å². The number of pyridine rings is 1. The van der Waals surface area contributed by atoms with Gasteiger partial charge in [0.2, 0.25) is 0 Å². The molecule has 0 amide bonds. The summed E-state index contributed by atoms with van der Waals surface area (Å²) in [7, 11) is 0. The second-order valence-electron chi connectivity index (χ2n) is 2.29. The second kappa shape index (κ2) is 4.03. The smallest absolute Gasteiger partial charge is 0.0731 e. The molecule has 2 nitrogen and oxygen atoms in total. The highest BCUT2D eigenvalue weighted by atomic mass is 32.1. The molecular weight excluding hydrogens is 156 g/mol. The molecule has 0 aliphatic rings. The zero-order valence-electron chi connectivity index (χ0n) is 6.16. The highest BCUT2D eigenvalue weighted by molar-refractivity contribution is 7.80. The summed E-state index contributed by atoms with van der Waals surface area (Å²) in [5.41, 5.74) is 6.39. The average Bonchev–Trinajstić information content (AvgIpc) is 2.03. The largest absolute Gasteiger partial charge is 0.393 e. The number of thiocarbonyl (C=S) groups is 1. The Kier molecular flexibility index (Phi) is 2.98. The Hall–Kier alpha value is -0.960. The number of aryl methyl sites for hydroxylation is 1. The van der Waals surface area contributed by atoms with Crippen LogP contribution < -0.4 is 5.73 Å². The van der Waals surface area contributed by atoms with Gasteiger partial charge in [0.05, 0.1) is 4.99 Å². The van der Waals surface area contributed by atoms with E-state index in [4.69, 9.17) is 18.0 Å². The van der Waals surface area contributed by atoms with E-state index in [0.29, 0.717) is 4.99 Å². The van der Waals surface area contributed by atoms with E-state index in [0.717, 1.165) is 18.5 Å². The molecule has 0 atom stereocenters. The Morgan fingerprint density at radius 3 is 2.91 bits per heavy atom. The third-order valence-corrected chi connectivity index (χ3v) is 1.56. The molecule has 0 aliphatic heterocycles. The summed E-state index contributed by atoms with van der Waals surface area (Å²) in [4.78, 5) is 4.69. The first-order chi connectivity index (χ1) is 5.29. The van der Waals surface area contributed by atoms with Crippen LogP contribution in [0.1, 0.15) is 12.1 Å². The van der Waals surface area contributed by atoms with Gasteiger partial charge in [-0.1, -0.05) is 18.3 Å². The van der Waals surface area contributed by atoms with Crippen LogP contribution in [0.5, 0.6) is 0 Å². The minimum absolute atomic E-state index is 0.552. The van der Waals surface area contributed by atoms with Crippen molar-refractivity contribution in [3.8, 4) is 0 Å². The molecule has 1 heterocycles. The first-order valence-corrected chi connectivity index (χ1v) is 3.88. The molecular formula is C8H10N2S. The van der Waals surface area contributed by atoms with E-state index in [1.807, 2.05) is 18.2 Å². The number of hydrogen-bond donors (Lipinski definition) is 1. The van der Waals surface area contributed by atoms with Gasteiger partial charge < -0.3 is 5.73 Å². The minimum Gasteiger partial charge on any atom is -0.393 e. The van der Waals surface area contributed by atoms with E-state index in [1.165, 1.54) is 0 Å². The fraction of sp³-hybridized carbons (Fsp3) is 0.250. The van der Waals surface area contributed by atoms with Crippen LogP contribution in [0.4, 0.5) is 0 Å². The lowest BCUT2D eigenvalue weighted by Gasteiger charge is -1.96. The number of nitrogens with zero attached hydrogens (tertiary/aromatic N) is 1. The van der Waals surface area contributed by atoms with Crippen molar-refractivity contribution in [1.29, 1.82) is 0 Å². The minimum atomic E-state index is 0.552. The van der Waals surface area contributed by atoms with Crippen LogP contribution in [0.25, 0.3) is 0 Å². The average molecular weight is 166 g/mol. The number of hydrogen-bond acceptors (Lipinski definition) is 2. The summed E-state index contributed by atoms with van der Waals surface area (Å²) in [6, 6.07) is 5.82. The standard InChI is InChI=1S/C8H10N2S/c9-8(11)5-4-7-3-1-2-6-10-7/h1-3,6H,4-5H2,(H2,9,11). The molecule has 0 bridgehead atoms. The first kappa shape index (κ1) is 8.14. The molecule has 0 fully saturated rings. The molecule has 0 radical (unpaired) electrons. The first-order valence-electron chi connectivity index (χ1n) is 3.47. The zero-order valence-corrected chi connectivity index (χ0v) is 6.97.